The normalized spacial score (nSPS) is 23.8. The maximum atomic E-state index is 11.0. The largest absolute Gasteiger partial charge is 0.382 e. The van der Waals surface area contributed by atoms with Gasteiger partial charge in [0.2, 0.25) is 0 Å². The number of nitrogens with one attached hydrogen (secondary N) is 1. The van der Waals surface area contributed by atoms with Gasteiger partial charge in [0, 0.05) is 31.0 Å². The molecule has 6 nitrogen and oxygen atoms in total. The lowest BCUT2D eigenvalue weighted by Crippen LogP contribution is -2.46. The van der Waals surface area contributed by atoms with Gasteiger partial charge in [-0.25, -0.2) is 4.68 Å². The standard InChI is InChI=1S/C15H23N5O/c1-12(2)20-10-14(17-18-20)15(21)6-4-8-19(11-15)9-13-5-3-7-16-13/h3,5,7,10,12,16,21H,4,6,8-9,11H2,1-2H3/t15-/m1/s1. The molecular formula is C15H23N5O. The Hall–Kier alpha value is -1.66. The monoisotopic (exact) mass is 289 g/mol. The highest BCUT2D eigenvalue weighted by atomic mass is 16.3. The van der Waals surface area contributed by atoms with Gasteiger partial charge in [0.05, 0.1) is 6.20 Å². The molecule has 114 valence electrons. The Kier molecular flexibility index (Phi) is 3.82. The molecule has 1 aliphatic rings. The Morgan fingerprint density at radius 1 is 1.48 bits per heavy atom. The van der Waals surface area contributed by atoms with Crippen molar-refractivity contribution in [3.05, 3.63) is 35.9 Å². The average Bonchev–Trinajstić information content (AvgIpc) is 3.09. The molecular weight excluding hydrogens is 266 g/mol. The Bertz CT molecular complexity index is 577. The van der Waals surface area contributed by atoms with Gasteiger partial charge in [-0.05, 0) is 45.4 Å². The highest BCUT2D eigenvalue weighted by molar-refractivity contribution is 5.11. The van der Waals surface area contributed by atoms with Gasteiger partial charge in [0.1, 0.15) is 11.3 Å². The van der Waals surface area contributed by atoms with Crippen LogP contribution in [0.2, 0.25) is 0 Å². The van der Waals surface area contributed by atoms with Gasteiger partial charge in [0.15, 0.2) is 0 Å². The molecule has 0 aromatic carbocycles. The van der Waals surface area contributed by atoms with E-state index in [0.29, 0.717) is 12.2 Å². The number of nitrogens with zero attached hydrogens (tertiary/aromatic N) is 4. The highest BCUT2D eigenvalue weighted by Gasteiger charge is 2.37. The van der Waals surface area contributed by atoms with Crippen LogP contribution in [0.1, 0.15) is 44.1 Å². The zero-order valence-corrected chi connectivity index (χ0v) is 12.7. The summed E-state index contributed by atoms with van der Waals surface area (Å²) in [5.41, 5.74) is 0.968. The third-order valence-corrected chi connectivity index (χ3v) is 4.12. The van der Waals surface area contributed by atoms with Crippen molar-refractivity contribution in [2.75, 3.05) is 13.1 Å². The van der Waals surface area contributed by atoms with Crippen molar-refractivity contribution in [3.63, 3.8) is 0 Å². The number of aromatic nitrogens is 4. The third-order valence-electron chi connectivity index (χ3n) is 4.12. The summed E-state index contributed by atoms with van der Waals surface area (Å²) in [6.45, 7) is 6.54. The first-order valence-corrected chi connectivity index (χ1v) is 7.56. The summed E-state index contributed by atoms with van der Waals surface area (Å²) < 4.78 is 1.80. The second kappa shape index (κ2) is 5.61. The van der Waals surface area contributed by atoms with Crippen LogP contribution in [0.3, 0.4) is 0 Å². The fourth-order valence-electron chi connectivity index (χ4n) is 2.92. The first-order chi connectivity index (χ1) is 10.1. The molecule has 0 unspecified atom stereocenters. The van der Waals surface area contributed by atoms with E-state index in [1.165, 1.54) is 5.69 Å². The summed E-state index contributed by atoms with van der Waals surface area (Å²) in [5, 5.41) is 19.3. The fraction of sp³-hybridized carbons (Fsp3) is 0.600. The summed E-state index contributed by atoms with van der Waals surface area (Å²) in [6, 6.07) is 4.33. The van der Waals surface area contributed by atoms with Crippen molar-refractivity contribution < 1.29 is 5.11 Å². The first-order valence-electron chi connectivity index (χ1n) is 7.56. The molecule has 0 radical (unpaired) electrons. The van der Waals surface area contributed by atoms with E-state index in [-0.39, 0.29) is 6.04 Å². The van der Waals surface area contributed by atoms with Crippen molar-refractivity contribution in [1.82, 2.24) is 24.9 Å². The van der Waals surface area contributed by atoms with E-state index in [4.69, 9.17) is 0 Å². The molecule has 1 aliphatic heterocycles. The van der Waals surface area contributed by atoms with E-state index < -0.39 is 5.60 Å². The van der Waals surface area contributed by atoms with Crippen molar-refractivity contribution in [2.24, 2.45) is 0 Å². The van der Waals surface area contributed by atoms with Crippen LogP contribution in [0.15, 0.2) is 24.5 Å². The highest BCUT2D eigenvalue weighted by Crippen LogP contribution is 2.31. The van der Waals surface area contributed by atoms with Crippen LogP contribution in [0.4, 0.5) is 0 Å². The van der Waals surface area contributed by atoms with Gasteiger partial charge in [-0.2, -0.15) is 0 Å². The van der Waals surface area contributed by atoms with Crippen molar-refractivity contribution >= 4 is 0 Å². The van der Waals surface area contributed by atoms with Crippen LogP contribution in [-0.2, 0) is 12.1 Å². The van der Waals surface area contributed by atoms with Crippen molar-refractivity contribution in [1.29, 1.82) is 0 Å². The van der Waals surface area contributed by atoms with Gasteiger partial charge in [-0.3, -0.25) is 4.90 Å². The Morgan fingerprint density at radius 3 is 3.00 bits per heavy atom. The van der Waals surface area contributed by atoms with Crippen molar-refractivity contribution in [2.45, 2.75) is 44.9 Å². The molecule has 0 bridgehead atoms. The minimum atomic E-state index is -0.891. The van der Waals surface area contributed by atoms with Gasteiger partial charge < -0.3 is 10.1 Å². The van der Waals surface area contributed by atoms with Gasteiger partial charge in [-0.15, -0.1) is 5.10 Å². The summed E-state index contributed by atoms with van der Waals surface area (Å²) in [5.74, 6) is 0. The van der Waals surface area contributed by atoms with E-state index in [1.54, 1.807) is 4.68 Å². The number of hydrogen-bond donors (Lipinski definition) is 2. The number of H-pyrrole nitrogens is 1. The summed E-state index contributed by atoms with van der Waals surface area (Å²) in [7, 11) is 0. The van der Waals surface area contributed by atoms with E-state index in [1.807, 2.05) is 18.5 Å². The second-order valence-corrected chi connectivity index (χ2v) is 6.22. The summed E-state index contributed by atoms with van der Waals surface area (Å²) in [4.78, 5) is 5.48. The topological polar surface area (TPSA) is 70.0 Å². The predicted molar refractivity (Wildman–Crippen MR) is 79.6 cm³/mol. The van der Waals surface area contributed by atoms with Gasteiger partial charge >= 0.3 is 0 Å². The SMILES string of the molecule is CC(C)n1cc([C@@]2(O)CCCN(Cc3ccc[nH]3)C2)nn1. The minimum absolute atomic E-state index is 0.258. The van der Waals surface area contributed by atoms with Crippen LogP contribution >= 0.6 is 0 Å². The third kappa shape index (κ3) is 3.01. The number of piperidine rings is 1. The van der Waals surface area contributed by atoms with Crippen molar-refractivity contribution in [3.8, 4) is 0 Å². The van der Waals surface area contributed by atoms with Crippen LogP contribution in [-0.4, -0.2) is 43.1 Å². The molecule has 2 aromatic heterocycles. The van der Waals surface area contributed by atoms with Gasteiger partial charge in [0.25, 0.3) is 0 Å². The zero-order valence-electron chi connectivity index (χ0n) is 12.7. The molecule has 6 heteroatoms. The van der Waals surface area contributed by atoms with Gasteiger partial charge in [-0.1, -0.05) is 5.21 Å². The van der Waals surface area contributed by atoms with E-state index in [0.717, 1.165) is 25.9 Å². The number of hydrogen-bond acceptors (Lipinski definition) is 4. The zero-order chi connectivity index (χ0) is 14.9. The Morgan fingerprint density at radius 2 is 2.33 bits per heavy atom. The lowest BCUT2D eigenvalue weighted by atomic mass is 9.90. The Balaban J connectivity index is 1.73. The number of aromatic amines is 1. The summed E-state index contributed by atoms with van der Waals surface area (Å²) >= 11 is 0. The quantitative estimate of drug-likeness (QED) is 0.898. The molecule has 2 aromatic rings. The molecule has 0 aliphatic carbocycles. The molecule has 1 saturated heterocycles. The lowest BCUT2D eigenvalue weighted by Gasteiger charge is -2.37. The molecule has 0 amide bonds. The lowest BCUT2D eigenvalue weighted by molar-refractivity contribution is -0.0417. The molecule has 3 rings (SSSR count). The molecule has 21 heavy (non-hydrogen) atoms. The summed E-state index contributed by atoms with van der Waals surface area (Å²) in [6.07, 6.45) is 5.51. The molecule has 1 fully saturated rings. The second-order valence-electron chi connectivity index (χ2n) is 6.22. The van der Waals surface area contributed by atoms with Crippen LogP contribution in [0.5, 0.6) is 0 Å². The number of β-amino-alcohol motifs (C(OH)–C–C–N with tert-alkyl or cyclic N) is 1. The van der Waals surface area contributed by atoms with Crippen LogP contribution in [0, 0.1) is 0 Å². The molecule has 0 spiro atoms. The number of aliphatic hydroxyl groups is 1. The molecule has 0 saturated carbocycles. The predicted octanol–water partition coefficient (Wildman–Crippen LogP) is 1.67. The van der Waals surface area contributed by atoms with Crippen LogP contribution < -0.4 is 0 Å². The molecule has 2 N–H and O–H groups in total. The van der Waals surface area contributed by atoms with E-state index >= 15 is 0 Å². The van der Waals surface area contributed by atoms with Crippen LogP contribution in [0.25, 0.3) is 0 Å². The molecule has 1 atom stereocenters. The number of likely N-dealkylation sites (tertiary alicyclic amines) is 1. The minimum Gasteiger partial charge on any atom is -0.382 e. The average molecular weight is 289 g/mol. The smallest absolute Gasteiger partial charge is 0.123 e. The number of rotatable bonds is 4. The molecule has 3 heterocycles. The fourth-order valence-corrected chi connectivity index (χ4v) is 2.92. The maximum Gasteiger partial charge on any atom is 0.123 e. The Labute approximate surface area is 124 Å². The van der Waals surface area contributed by atoms with E-state index in [2.05, 4.69) is 40.1 Å². The maximum absolute atomic E-state index is 11.0. The van der Waals surface area contributed by atoms with E-state index in [9.17, 15) is 5.11 Å². The first kappa shape index (κ1) is 14.3.